The number of para-hydroxylation sites is 3. The molecule has 2 aliphatic rings. The van der Waals surface area contributed by atoms with Gasteiger partial charge < -0.3 is 14.7 Å². The van der Waals surface area contributed by atoms with E-state index in [0.717, 1.165) is 5.52 Å². The fraction of sp³-hybridized carbons (Fsp3) is 0.161. The lowest BCUT2D eigenvalue weighted by Crippen LogP contribution is -2.58. The van der Waals surface area contributed by atoms with E-state index in [-0.39, 0.29) is 23.1 Å². The van der Waals surface area contributed by atoms with E-state index in [9.17, 15) is 19.6 Å². The van der Waals surface area contributed by atoms with Gasteiger partial charge in [-0.25, -0.2) is 0 Å². The topological polar surface area (TPSA) is 119 Å². The van der Waals surface area contributed by atoms with E-state index in [1.54, 1.807) is 72.7 Å². The van der Waals surface area contributed by atoms with E-state index >= 15 is 0 Å². The zero-order valence-electron chi connectivity index (χ0n) is 20.9. The van der Waals surface area contributed by atoms with Gasteiger partial charge in [0.15, 0.2) is 22.2 Å². The predicted molar refractivity (Wildman–Crippen MR) is 145 cm³/mol. The monoisotopic (exact) mass is 514 g/mol. The van der Waals surface area contributed by atoms with Gasteiger partial charge in [0.1, 0.15) is 5.58 Å². The largest absolute Gasteiger partial charge is 0.464 e. The standard InChI is InChI=1S/C31H22N4O4/c1-35-15-23(21-16-39-26-13-7-3-9-19(26)27(21)36)30(17-32,28(37)20-14-33-24-11-5-2-8-18(20)24)31(35)22-10-4-6-12-25(22)34-29(31)38/h2-14,16,23,33H,15H2,1H3,(H,34,38)/t23-,30+,31-/m0/s1. The average Bonchev–Trinajstić information content (AvgIpc) is 3.60. The van der Waals surface area contributed by atoms with Crippen LogP contribution < -0.4 is 10.7 Å². The van der Waals surface area contributed by atoms with Crippen LogP contribution in [0.2, 0.25) is 0 Å². The molecule has 0 bridgehead atoms. The number of hydrogen-bond donors (Lipinski definition) is 2. The number of H-pyrrole nitrogens is 1. The molecular weight excluding hydrogens is 492 g/mol. The number of aromatic nitrogens is 1. The molecule has 1 saturated heterocycles. The molecular formula is C31H22N4O4. The number of nitrogens with one attached hydrogen (secondary N) is 2. The van der Waals surface area contributed by atoms with Gasteiger partial charge in [-0.2, -0.15) is 5.26 Å². The van der Waals surface area contributed by atoms with Gasteiger partial charge in [0, 0.05) is 51.9 Å². The molecule has 3 aromatic carbocycles. The lowest BCUT2D eigenvalue weighted by atomic mass is 9.58. The first kappa shape index (κ1) is 23.1. The quantitative estimate of drug-likeness (QED) is 0.341. The number of nitrogens with zero attached hydrogens (tertiary/aromatic N) is 2. The third kappa shape index (κ3) is 2.72. The van der Waals surface area contributed by atoms with E-state index in [2.05, 4.69) is 16.4 Å². The number of hydrogen-bond acceptors (Lipinski definition) is 6. The molecule has 3 atom stereocenters. The predicted octanol–water partition coefficient (Wildman–Crippen LogP) is 4.54. The Morgan fingerprint density at radius 1 is 1.03 bits per heavy atom. The second-order valence-electron chi connectivity index (χ2n) is 10.2. The van der Waals surface area contributed by atoms with Crippen molar-refractivity contribution < 1.29 is 14.0 Å². The van der Waals surface area contributed by atoms with Gasteiger partial charge in [-0.3, -0.25) is 19.3 Å². The normalized spacial score (nSPS) is 24.2. The van der Waals surface area contributed by atoms with Crippen LogP contribution in [-0.4, -0.2) is 35.2 Å². The highest BCUT2D eigenvalue weighted by molar-refractivity contribution is 6.18. The van der Waals surface area contributed by atoms with Crippen LogP contribution in [0.5, 0.6) is 0 Å². The Morgan fingerprint density at radius 3 is 2.56 bits per heavy atom. The Kier molecular flexibility index (Phi) is 4.75. The zero-order valence-corrected chi connectivity index (χ0v) is 20.9. The van der Waals surface area contributed by atoms with Gasteiger partial charge in [0.05, 0.1) is 17.7 Å². The van der Waals surface area contributed by atoms with Crippen molar-refractivity contribution in [3.63, 3.8) is 0 Å². The molecule has 8 nitrogen and oxygen atoms in total. The van der Waals surface area contributed by atoms with Crippen molar-refractivity contribution in [1.29, 1.82) is 5.26 Å². The van der Waals surface area contributed by atoms with Crippen molar-refractivity contribution in [3.8, 4) is 6.07 Å². The average molecular weight is 515 g/mol. The molecule has 1 spiro atoms. The maximum atomic E-state index is 14.9. The molecule has 39 heavy (non-hydrogen) atoms. The first-order chi connectivity index (χ1) is 18.9. The molecule has 4 heterocycles. The van der Waals surface area contributed by atoms with Crippen LogP contribution in [0.1, 0.15) is 27.4 Å². The van der Waals surface area contributed by atoms with E-state index in [1.165, 1.54) is 6.26 Å². The minimum Gasteiger partial charge on any atom is -0.464 e. The summed E-state index contributed by atoms with van der Waals surface area (Å²) >= 11 is 0. The highest BCUT2D eigenvalue weighted by atomic mass is 16.3. The molecule has 2 N–H and O–H groups in total. The van der Waals surface area contributed by atoms with Crippen LogP contribution in [0.25, 0.3) is 21.9 Å². The first-order valence-electron chi connectivity index (χ1n) is 12.6. The van der Waals surface area contributed by atoms with Crippen molar-refractivity contribution in [3.05, 3.63) is 112 Å². The van der Waals surface area contributed by atoms with E-state index < -0.39 is 28.6 Å². The lowest BCUT2D eigenvalue weighted by Gasteiger charge is -2.40. The Bertz CT molecular complexity index is 1950. The van der Waals surface area contributed by atoms with Gasteiger partial charge >= 0.3 is 0 Å². The Hall–Kier alpha value is -5.00. The van der Waals surface area contributed by atoms with Gasteiger partial charge in [0.2, 0.25) is 0 Å². The summed E-state index contributed by atoms with van der Waals surface area (Å²) in [6.45, 7) is 0.104. The molecule has 1 amide bonds. The molecule has 7 rings (SSSR count). The maximum Gasteiger partial charge on any atom is 0.251 e. The summed E-state index contributed by atoms with van der Waals surface area (Å²) in [4.78, 5) is 47.7. The number of carbonyl (C=O) groups is 2. The van der Waals surface area contributed by atoms with Crippen molar-refractivity contribution >= 4 is 39.2 Å². The number of nitriles is 1. The first-order valence-corrected chi connectivity index (χ1v) is 12.6. The number of carbonyl (C=O) groups excluding carboxylic acids is 2. The fourth-order valence-corrected chi connectivity index (χ4v) is 6.78. The van der Waals surface area contributed by atoms with Crippen LogP contribution in [0, 0.1) is 16.7 Å². The Balaban J connectivity index is 1.57. The summed E-state index contributed by atoms with van der Waals surface area (Å²) in [5.74, 6) is -1.98. The summed E-state index contributed by atoms with van der Waals surface area (Å²) in [7, 11) is 1.72. The number of likely N-dealkylation sites (N-methyl/N-ethyl adjacent to an activating group) is 1. The van der Waals surface area contributed by atoms with Crippen LogP contribution >= 0.6 is 0 Å². The highest BCUT2D eigenvalue weighted by Gasteiger charge is 2.75. The van der Waals surface area contributed by atoms with Crippen LogP contribution in [-0.2, 0) is 10.3 Å². The number of benzene rings is 3. The molecule has 5 aromatic rings. The summed E-state index contributed by atoms with van der Waals surface area (Å²) in [5.41, 5.74) is -1.35. The minimum absolute atomic E-state index is 0.104. The molecule has 2 aliphatic heterocycles. The third-order valence-corrected chi connectivity index (χ3v) is 8.47. The van der Waals surface area contributed by atoms with Crippen LogP contribution in [0.3, 0.4) is 0 Å². The van der Waals surface area contributed by atoms with E-state index in [4.69, 9.17) is 4.42 Å². The fourth-order valence-electron chi connectivity index (χ4n) is 6.78. The van der Waals surface area contributed by atoms with E-state index in [0.29, 0.717) is 27.6 Å². The van der Waals surface area contributed by atoms with Gasteiger partial charge in [0.25, 0.3) is 5.91 Å². The number of fused-ring (bicyclic) bond motifs is 4. The summed E-state index contributed by atoms with van der Waals surface area (Å²) in [5, 5.41) is 15.1. The molecule has 8 heteroatoms. The number of ketones is 1. The molecule has 0 radical (unpaired) electrons. The van der Waals surface area contributed by atoms with E-state index in [1.807, 2.05) is 18.2 Å². The van der Waals surface area contributed by atoms with Gasteiger partial charge in [-0.1, -0.05) is 48.5 Å². The third-order valence-electron chi connectivity index (χ3n) is 8.47. The number of amides is 1. The van der Waals surface area contributed by atoms with Gasteiger partial charge in [-0.05, 0) is 31.3 Å². The number of aromatic amines is 1. The molecule has 0 unspecified atom stereocenters. The van der Waals surface area contributed by atoms with Gasteiger partial charge in [-0.15, -0.1) is 0 Å². The molecule has 1 fully saturated rings. The van der Waals surface area contributed by atoms with Crippen LogP contribution in [0.4, 0.5) is 5.69 Å². The van der Waals surface area contributed by atoms with Crippen molar-refractivity contribution in [2.24, 2.45) is 5.41 Å². The molecule has 0 aliphatic carbocycles. The Morgan fingerprint density at radius 2 is 1.74 bits per heavy atom. The highest BCUT2D eigenvalue weighted by Crippen LogP contribution is 2.62. The molecule has 2 aromatic heterocycles. The zero-order chi connectivity index (χ0) is 26.9. The second-order valence-corrected chi connectivity index (χ2v) is 10.2. The van der Waals surface area contributed by atoms with Crippen molar-refractivity contribution in [1.82, 2.24) is 9.88 Å². The Labute approximate surface area is 222 Å². The summed E-state index contributed by atoms with van der Waals surface area (Å²) < 4.78 is 5.85. The van der Waals surface area contributed by atoms with Crippen LogP contribution in [0.15, 0.2) is 94.5 Å². The summed E-state index contributed by atoms with van der Waals surface area (Å²) in [6.07, 6.45) is 2.92. The SMILES string of the molecule is CN1C[C@@H](c2coc3ccccc3c2=O)[C@](C#N)(C(=O)c2c[nH]c3ccccc23)[C@]12C(=O)Nc1ccccc12. The molecule has 0 saturated carbocycles. The maximum absolute atomic E-state index is 14.9. The smallest absolute Gasteiger partial charge is 0.251 e. The lowest BCUT2D eigenvalue weighted by molar-refractivity contribution is -0.128. The number of rotatable bonds is 3. The van der Waals surface area contributed by atoms with Crippen molar-refractivity contribution in [2.75, 3.05) is 18.9 Å². The summed E-state index contributed by atoms with van der Waals surface area (Å²) in [6, 6.07) is 23.6. The number of anilines is 1. The second kappa shape index (κ2) is 8.00. The molecule has 190 valence electrons. The number of likely N-dealkylation sites (tertiary alicyclic amines) is 1. The minimum atomic E-state index is -2.00. The number of Topliss-reactive ketones (excluding diaryl/α,β-unsaturated/α-hetero) is 1. The van der Waals surface area contributed by atoms with Crippen molar-refractivity contribution in [2.45, 2.75) is 11.5 Å².